The number of fused-ring (bicyclic) bond motifs is 1. The van der Waals surface area contributed by atoms with Gasteiger partial charge in [-0.25, -0.2) is 9.97 Å². The number of likely N-dealkylation sites (tertiary alicyclic amines) is 1. The molecule has 0 saturated carbocycles. The molecule has 3 heterocycles. The van der Waals surface area contributed by atoms with Crippen molar-refractivity contribution in [3.8, 4) is 0 Å². The molecule has 2 unspecified atom stereocenters. The Hall–Kier alpha value is -1.46. The lowest BCUT2D eigenvalue weighted by Gasteiger charge is -2.19. The number of aromatic nitrogens is 3. The minimum atomic E-state index is 0.587. The van der Waals surface area contributed by atoms with Crippen LogP contribution in [0.25, 0.3) is 5.78 Å². The number of rotatable bonds is 3. The minimum Gasteiger partial charge on any atom is -0.330 e. The van der Waals surface area contributed by atoms with E-state index in [9.17, 15) is 0 Å². The van der Waals surface area contributed by atoms with Crippen LogP contribution in [0.3, 0.4) is 0 Å². The summed E-state index contributed by atoms with van der Waals surface area (Å²) in [4.78, 5) is 11.6. The normalized spacial score (nSPS) is 23.8. The molecule has 3 rings (SSSR count). The Morgan fingerprint density at radius 1 is 1.35 bits per heavy atom. The maximum Gasteiger partial charge on any atom is 0.234 e. The molecule has 1 saturated heterocycles. The molecule has 108 valence electrons. The predicted molar refractivity (Wildman–Crippen MR) is 79.5 cm³/mol. The van der Waals surface area contributed by atoms with Gasteiger partial charge < -0.3 is 5.73 Å². The lowest BCUT2D eigenvalue weighted by atomic mass is 10.1. The predicted octanol–water partition coefficient (Wildman–Crippen LogP) is 1.52. The molecular weight excluding hydrogens is 250 g/mol. The third kappa shape index (κ3) is 2.43. The summed E-state index contributed by atoms with van der Waals surface area (Å²) in [7, 11) is 0. The zero-order chi connectivity index (χ0) is 14.3. The van der Waals surface area contributed by atoms with Crippen LogP contribution in [0.5, 0.6) is 0 Å². The highest BCUT2D eigenvalue weighted by Gasteiger charge is 2.28. The van der Waals surface area contributed by atoms with E-state index in [0.717, 1.165) is 36.8 Å². The van der Waals surface area contributed by atoms with Gasteiger partial charge in [0.1, 0.15) is 0 Å². The van der Waals surface area contributed by atoms with E-state index in [1.54, 1.807) is 0 Å². The summed E-state index contributed by atoms with van der Waals surface area (Å²) in [6.07, 6.45) is 3.31. The van der Waals surface area contributed by atoms with Crippen LogP contribution < -0.4 is 5.73 Å². The topological polar surface area (TPSA) is 59.5 Å². The van der Waals surface area contributed by atoms with Gasteiger partial charge in [-0.3, -0.25) is 9.30 Å². The Labute approximate surface area is 119 Å². The van der Waals surface area contributed by atoms with Gasteiger partial charge in [0.2, 0.25) is 5.78 Å². The first-order chi connectivity index (χ1) is 9.56. The number of hydrogen-bond acceptors (Lipinski definition) is 4. The molecule has 1 aliphatic rings. The molecule has 0 bridgehead atoms. The smallest absolute Gasteiger partial charge is 0.234 e. The second kappa shape index (κ2) is 5.14. The molecule has 0 aliphatic carbocycles. The molecular formula is C15H23N5. The summed E-state index contributed by atoms with van der Waals surface area (Å²) in [6.45, 7) is 9.13. The van der Waals surface area contributed by atoms with Crippen LogP contribution in [0, 0.1) is 19.8 Å². The van der Waals surface area contributed by atoms with Crippen LogP contribution in [0.15, 0.2) is 12.3 Å². The molecule has 2 N–H and O–H groups in total. The molecule has 2 aromatic heterocycles. The fraction of sp³-hybridized carbons (Fsp3) is 0.600. The summed E-state index contributed by atoms with van der Waals surface area (Å²) >= 11 is 0. The van der Waals surface area contributed by atoms with Crippen molar-refractivity contribution in [1.29, 1.82) is 0 Å². The Kier molecular flexibility index (Phi) is 3.48. The Morgan fingerprint density at radius 2 is 2.15 bits per heavy atom. The molecule has 0 radical (unpaired) electrons. The molecule has 2 aromatic rings. The fourth-order valence-electron chi connectivity index (χ4n) is 3.21. The fourth-order valence-corrected chi connectivity index (χ4v) is 3.21. The second-order valence-corrected chi connectivity index (χ2v) is 6.06. The van der Waals surface area contributed by atoms with Crippen molar-refractivity contribution in [2.24, 2.45) is 11.7 Å². The molecule has 0 aromatic carbocycles. The molecule has 1 fully saturated rings. The van der Waals surface area contributed by atoms with Crippen molar-refractivity contribution in [3.63, 3.8) is 0 Å². The Bertz CT molecular complexity index is 618. The van der Waals surface area contributed by atoms with E-state index >= 15 is 0 Å². The van der Waals surface area contributed by atoms with E-state index in [2.05, 4.69) is 45.4 Å². The van der Waals surface area contributed by atoms with Crippen LogP contribution in [0.2, 0.25) is 0 Å². The van der Waals surface area contributed by atoms with Crippen LogP contribution in [0.4, 0.5) is 0 Å². The Balaban J connectivity index is 1.83. The zero-order valence-electron chi connectivity index (χ0n) is 12.5. The van der Waals surface area contributed by atoms with Gasteiger partial charge in [0.15, 0.2) is 0 Å². The summed E-state index contributed by atoms with van der Waals surface area (Å²) in [5.74, 6) is 1.43. The van der Waals surface area contributed by atoms with Gasteiger partial charge in [0.25, 0.3) is 0 Å². The highest BCUT2D eigenvalue weighted by atomic mass is 15.2. The number of nitrogens with zero attached hydrogens (tertiary/aromatic N) is 4. The lowest BCUT2D eigenvalue weighted by molar-refractivity contribution is 0.253. The Morgan fingerprint density at radius 3 is 2.85 bits per heavy atom. The zero-order valence-corrected chi connectivity index (χ0v) is 12.5. The van der Waals surface area contributed by atoms with E-state index in [1.807, 2.05) is 6.92 Å². The summed E-state index contributed by atoms with van der Waals surface area (Å²) in [6, 6.07) is 2.67. The molecule has 0 spiro atoms. The number of imidazole rings is 1. The quantitative estimate of drug-likeness (QED) is 0.921. The van der Waals surface area contributed by atoms with Crippen molar-refractivity contribution >= 4 is 5.78 Å². The van der Waals surface area contributed by atoms with Gasteiger partial charge in [-0.2, -0.15) is 0 Å². The molecule has 5 heteroatoms. The third-order valence-electron chi connectivity index (χ3n) is 4.30. The van der Waals surface area contributed by atoms with E-state index in [4.69, 9.17) is 5.73 Å². The van der Waals surface area contributed by atoms with E-state index < -0.39 is 0 Å². The van der Waals surface area contributed by atoms with E-state index in [0.29, 0.717) is 12.0 Å². The van der Waals surface area contributed by atoms with Crippen LogP contribution in [-0.4, -0.2) is 38.4 Å². The highest BCUT2D eigenvalue weighted by Crippen LogP contribution is 2.24. The highest BCUT2D eigenvalue weighted by molar-refractivity contribution is 5.34. The second-order valence-electron chi connectivity index (χ2n) is 6.06. The molecule has 20 heavy (non-hydrogen) atoms. The van der Waals surface area contributed by atoms with Crippen molar-refractivity contribution < 1.29 is 0 Å². The monoisotopic (exact) mass is 273 g/mol. The number of hydrogen-bond donors (Lipinski definition) is 1. The third-order valence-corrected chi connectivity index (χ3v) is 4.30. The average Bonchev–Trinajstić information content (AvgIpc) is 2.94. The first-order valence-electron chi connectivity index (χ1n) is 7.33. The van der Waals surface area contributed by atoms with Gasteiger partial charge in [-0.15, -0.1) is 0 Å². The summed E-state index contributed by atoms with van der Waals surface area (Å²) < 4.78 is 2.07. The molecule has 2 atom stereocenters. The largest absolute Gasteiger partial charge is 0.330 e. The van der Waals surface area contributed by atoms with Crippen molar-refractivity contribution in [2.75, 3.05) is 13.1 Å². The van der Waals surface area contributed by atoms with Crippen LogP contribution in [0.1, 0.15) is 30.4 Å². The van der Waals surface area contributed by atoms with Gasteiger partial charge >= 0.3 is 0 Å². The van der Waals surface area contributed by atoms with Crippen molar-refractivity contribution in [1.82, 2.24) is 19.3 Å². The maximum absolute atomic E-state index is 5.79. The average molecular weight is 273 g/mol. The first-order valence-corrected chi connectivity index (χ1v) is 7.33. The van der Waals surface area contributed by atoms with Crippen LogP contribution >= 0.6 is 0 Å². The van der Waals surface area contributed by atoms with Gasteiger partial charge in [-0.05, 0) is 45.7 Å². The van der Waals surface area contributed by atoms with Gasteiger partial charge in [0.05, 0.1) is 5.69 Å². The summed E-state index contributed by atoms with van der Waals surface area (Å²) in [5, 5.41) is 0. The van der Waals surface area contributed by atoms with Crippen molar-refractivity contribution in [3.05, 3.63) is 29.3 Å². The maximum atomic E-state index is 5.79. The minimum absolute atomic E-state index is 0.587. The lowest BCUT2D eigenvalue weighted by Crippen LogP contribution is -2.27. The molecule has 5 nitrogen and oxygen atoms in total. The number of nitrogens with two attached hydrogens (primary N) is 1. The van der Waals surface area contributed by atoms with E-state index in [1.165, 1.54) is 12.1 Å². The standard InChI is InChI=1S/C15H23N5/c1-10-4-12(3)20-9-14(18-15(20)17-10)8-19-7-13(6-16)5-11(19)2/h4,9,11,13H,5-8,16H2,1-3H3. The summed E-state index contributed by atoms with van der Waals surface area (Å²) in [5.41, 5.74) is 9.09. The van der Waals surface area contributed by atoms with Gasteiger partial charge in [-0.1, -0.05) is 0 Å². The van der Waals surface area contributed by atoms with E-state index in [-0.39, 0.29) is 0 Å². The molecule has 0 amide bonds. The van der Waals surface area contributed by atoms with Crippen LogP contribution in [-0.2, 0) is 6.54 Å². The van der Waals surface area contributed by atoms with Gasteiger partial charge in [0, 0.05) is 36.7 Å². The number of aryl methyl sites for hydroxylation is 2. The SMILES string of the molecule is Cc1cc(C)n2cc(CN3CC(CN)CC3C)nc2n1. The van der Waals surface area contributed by atoms with Crippen molar-refractivity contribution in [2.45, 2.75) is 39.8 Å². The molecule has 1 aliphatic heterocycles. The first kappa shape index (κ1) is 13.5.